The monoisotopic (exact) mass is 357 g/mol. The van der Waals surface area contributed by atoms with Crippen LogP contribution in [0.15, 0.2) is 73.6 Å². The standard InChI is InChI=1S/C21H19N5O/c27-21(9-8-17-11-22-14-23-12-17)25-18-5-3-4-16(10-18)13-26-15-24-19-6-1-2-7-20(19)26/h1-7,10-12,14-15H,8-9,13H2,(H,25,27). The fraction of sp³-hybridized carbons (Fsp3) is 0.143. The molecule has 0 spiro atoms. The van der Waals surface area contributed by atoms with Crippen LogP contribution in [-0.4, -0.2) is 25.4 Å². The molecule has 0 unspecified atom stereocenters. The molecule has 134 valence electrons. The molecule has 27 heavy (non-hydrogen) atoms. The zero-order valence-electron chi connectivity index (χ0n) is 14.7. The minimum Gasteiger partial charge on any atom is -0.326 e. The second-order valence-electron chi connectivity index (χ2n) is 6.36. The zero-order valence-corrected chi connectivity index (χ0v) is 14.7. The van der Waals surface area contributed by atoms with Crippen molar-refractivity contribution < 1.29 is 4.79 Å². The fourth-order valence-electron chi connectivity index (χ4n) is 3.02. The third-order valence-electron chi connectivity index (χ3n) is 4.35. The van der Waals surface area contributed by atoms with E-state index < -0.39 is 0 Å². The highest BCUT2D eigenvalue weighted by Gasteiger charge is 2.06. The Morgan fingerprint density at radius 1 is 1.00 bits per heavy atom. The largest absolute Gasteiger partial charge is 0.326 e. The maximum Gasteiger partial charge on any atom is 0.224 e. The molecule has 2 aromatic carbocycles. The van der Waals surface area contributed by atoms with E-state index in [-0.39, 0.29) is 5.91 Å². The summed E-state index contributed by atoms with van der Waals surface area (Å²) in [6.07, 6.45) is 7.81. The molecule has 2 heterocycles. The van der Waals surface area contributed by atoms with Crippen molar-refractivity contribution in [1.82, 2.24) is 19.5 Å². The summed E-state index contributed by atoms with van der Waals surface area (Å²) < 4.78 is 2.10. The molecule has 1 N–H and O–H groups in total. The number of anilines is 1. The van der Waals surface area contributed by atoms with Gasteiger partial charge in [0.2, 0.25) is 5.91 Å². The number of amides is 1. The third kappa shape index (κ3) is 4.17. The van der Waals surface area contributed by atoms with Gasteiger partial charge in [0.05, 0.1) is 17.4 Å². The smallest absolute Gasteiger partial charge is 0.224 e. The van der Waals surface area contributed by atoms with E-state index in [2.05, 4.69) is 30.9 Å². The molecular weight excluding hydrogens is 338 g/mol. The molecule has 2 aromatic heterocycles. The predicted octanol–water partition coefficient (Wildman–Crippen LogP) is 3.45. The van der Waals surface area contributed by atoms with Crippen molar-refractivity contribution in [2.24, 2.45) is 0 Å². The lowest BCUT2D eigenvalue weighted by Gasteiger charge is -2.09. The van der Waals surface area contributed by atoms with Crippen LogP contribution in [0.5, 0.6) is 0 Å². The van der Waals surface area contributed by atoms with Crippen molar-refractivity contribution in [3.05, 3.63) is 84.7 Å². The van der Waals surface area contributed by atoms with E-state index in [0.29, 0.717) is 19.4 Å². The Morgan fingerprint density at radius 2 is 1.85 bits per heavy atom. The van der Waals surface area contributed by atoms with Gasteiger partial charge in [-0.25, -0.2) is 15.0 Å². The lowest BCUT2D eigenvalue weighted by molar-refractivity contribution is -0.116. The Hall–Kier alpha value is -3.54. The van der Waals surface area contributed by atoms with Crippen LogP contribution >= 0.6 is 0 Å². The molecule has 0 aliphatic rings. The van der Waals surface area contributed by atoms with Gasteiger partial charge in [0, 0.05) is 31.0 Å². The lowest BCUT2D eigenvalue weighted by Crippen LogP contribution is -2.12. The van der Waals surface area contributed by atoms with Crippen molar-refractivity contribution >= 4 is 22.6 Å². The van der Waals surface area contributed by atoms with Gasteiger partial charge in [-0.1, -0.05) is 24.3 Å². The average Bonchev–Trinajstić information content (AvgIpc) is 3.10. The first kappa shape index (κ1) is 16.9. The summed E-state index contributed by atoms with van der Waals surface area (Å²) in [7, 11) is 0. The van der Waals surface area contributed by atoms with Gasteiger partial charge < -0.3 is 9.88 Å². The second kappa shape index (κ2) is 7.78. The summed E-state index contributed by atoms with van der Waals surface area (Å²) in [4.78, 5) is 24.6. The quantitative estimate of drug-likeness (QED) is 0.574. The van der Waals surface area contributed by atoms with E-state index in [1.54, 1.807) is 12.4 Å². The van der Waals surface area contributed by atoms with Crippen molar-refractivity contribution in [1.29, 1.82) is 0 Å². The minimum atomic E-state index is -0.0240. The number of aromatic nitrogens is 4. The fourth-order valence-corrected chi connectivity index (χ4v) is 3.02. The molecule has 1 amide bonds. The Morgan fingerprint density at radius 3 is 2.74 bits per heavy atom. The molecule has 0 bridgehead atoms. The molecule has 4 rings (SSSR count). The van der Waals surface area contributed by atoms with E-state index in [4.69, 9.17) is 0 Å². The van der Waals surface area contributed by atoms with Gasteiger partial charge in [-0.3, -0.25) is 4.79 Å². The van der Waals surface area contributed by atoms with Gasteiger partial charge in [0.25, 0.3) is 0 Å². The lowest BCUT2D eigenvalue weighted by atomic mass is 10.1. The summed E-state index contributed by atoms with van der Waals surface area (Å²) in [6, 6.07) is 16.0. The van der Waals surface area contributed by atoms with Gasteiger partial charge in [0.15, 0.2) is 0 Å². The highest BCUT2D eigenvalue weighted by atomic mass is 16.1. The summed E-state index contributed by atoms with van der Waals surface area (Å²) in [5, 5.41) is 2.96. The molecule has 0 saturated carbocycles. The normalized spacial score (nSPS) is 10.8. The number of nitrogens with zero attached hydrogens (tertiary/aromatic N) is 4. The minimum absolute atomic E-state index is 0.0240. The van der Waals surface area contributed by atoms with Gasteiger partial charge in [-0.05, 0) is 41.8 Å². The number of aryl methyl sites for hydroxylation is 1. The van der Waals surface area contributed by atoms with Gasteiger partial charge in [-0.15, -0.1) is 0 Å². The van der Waals surface area contributed by atoms with E-state index in [1.165, 1.54) is 6.33 Å². The number of fused-ring (bicyclic) bond motifs is 1. The molecule has 0 aliphatic heterocycles. The van der Waals surface area contributed by atoms with Crippen LogP contribution in [0.3, 0.4) is 0 Å². The highest BCUT2D eigenvalue weighted by molar-refractivity contribution is 5.90. The van der Waals surface area contributed by atoms with Crippen LogP contribution in [0.4, 0.5) is 5.69 Å². The number of imidazole rings is 1. The van der Waals surface area contributed by atoms with Crippen LogP contribution in [0.1, 0.15) is 17.5 Å². The Balaban J connectivity index is 1.41. The molecular formula is C21H19N5O. The molecule has 0 aliphatic carbocycles. The maximum atomic E-state index is 12.2. The Labute approximate surface area is 156 Å². The van der Waals surface area contributed by atoms with Gasteiger partial charge in [0.1, 0.15) is 6.33 Å². The second-order valence-corrected chi connectivity index (χ2v) is 6.36. The van der Waals surface area contributed by atoms with E-state index in [0.717, 1.165) is 27.8 Å². The first-order valence-electron chi connectivity index (χ1n) is 8.80. The number of carbonyl (C=O) groups is 1. The molecule has 0 fully saturated rings. The summed E-state index contributed by atoms with van der Waals surface area (Å²) >= 11 is 0. The predicted molar refractivity (Wildman–Crippen MR) is 104 cm³/mol. The van der Waals surface area contributed by atoms with Crippen molar-refractivity contribution in [2.45, 2.75) is 19.4 Å². The van der Waals surface area contributed by atoms with Crippen LogP contribution in [0.25, 0.3) is 11.0 Å². The maximum absolute atomic E-state index is 12.2. The number of para-hydroxylation sites is 2. The van der Waals surface area contributed by atoms with E-state index >= 15 is 0 Å². The summed E-state index contributed by atoms with van der Waals surface area (Å²) in [5.41, 5.74) is 4.93. The van der Waals surface area contributed by atoms with Crippen molar-refractivity contribution in [2.75, 3.05) is 5.32 Å². The molecule has 0 atom stereocenters. The molecule has 0 radical (unpaired) electrons. The first-order chi connectivity index (χ1) is 13.3. The number of carbonyl (C=O) groups excluding carboxylic acids is 1. The summed E-state index contributed by atoms with van der Waals surface area (Å²) in [6.45, 7) is 0.700. The molecule has 6 nitrogen and oxygen atoms in total. The van der Waals surface area contributed by atoms with Crippen LogP contribution in [0.2, 0.25) is 0 Å². The first-order valence-corrected chi connectivity index (χ1v) is 8.80. The van der Waals surface area contributed by atoms with Crippen molar-refractivity contribution in [3.63, 3.8) is 0 Å². The highest BCUT2D eigenvalue weighted by Crippen LogP contribution is 2.17. The van der Waals surface area contributed by atoms with Crippen LogP contribution in [-0.2, 0) is 17.8 Å². The van der Waals surface area contributed by atoms with Crippen LogP contribution in [0, 0.1) is 0 Å². The van der Waals surface area contributed by atoms with E-state index in [1.807, 2.05) is 48.8 Å². The van der Waals surface area contributed by atoms with Gasteiger partial charge >= 0.3 is 0 Å². The number of benzene rings is 2. The Kier molecular flexibility index (Phi) is 4.87. The third-order valence-corrected chi connectivity index (χ3v) is 4.35. The number of rotatable bonds is 6. The summed E-state index contributed by atoms with van der Waals surface area (Å²) in [5.74, 6) is -0.0240. The topological polar surface area (TPSA) is 72.7 Å². The van der Waals surface area contributed by atoms with E-state index in [9.17, 15) is 4.79 Å². The van der Waals surface area contributed by atoms with Gasteiger partial charge in [-0.2, -0.15) is 0 Å². The Bertz CT molecular complexity index is 1060. The number of hydrogen-bond donors (Lipinski definition) is 1. The van der Waals surface area contributed by atoms with Crippen molar-refractivity contribution in [3.8, 4) is 0 Å². The van der Waals surface area contributed by atoms with Crippen LogP contribution < -0.4 is 5.32 Å². The zero-order chi connectivity index (χ0) is 18.5. The molecule has 0 saturated heterocycles. The average molecular weight is 357 g/mol. The number of hydrogen-bond acceptors (Lipinski definition) is 4. The number of nitrogens with one attached hydrogen (secondary N) is 1. The molecule has 6 heteroatoms. The SMILES string of the molecule is O=C(CCc1cncnc1)Nc1cccc(Cn2cnc3ccccc32)c1. The molecule has 4 aromatic rings.